The van der Waals surface area contributed by atoms with Gasteiger partial charge in [0.2, 0.25) is 5.78 Å². The fourth-order valence-electron chi connectivity index (χ4n) is 3.84. The van der Waals surface area contributed by atoms with Gasteiger partial charge in [0.05, 0.1) is 22.8 Å². The number of imidazole rings is 1. The van der Waals surface area contributed by atoms with Gasteiger partial charge in [-0.15, -0.1) is 0 Å². The quantitative estimate of drug-likeness (QED) is 0.549. The van der Waals surface area contributed by atoms with Crippen molar-refractivity contribution in [3.63, 3.8) is 0 Å². The molecule has 0 saturated carbocycles. The number of nitrogens with zero attached hydrogens (tertiary/aromatic N) is 5. The van der Waals surface area contributed by atoms with E-state index in [0.29, 0.717) is 11.3 Å². The Morgan fingerprint density at radius 1 is 1.07 bits per heavy atom. The number of benzene rings is 1. The third-order valence-corrected chi connectivity index (χ3v) is 5.23. The fraction of sp³-hybridized carbons (Fsp3) is 0.238. The number of para-hydroxylation sites is 1. The Labute approximate surface area is 156 Å². The minimum absolute atomic E-state index is 0.0166. The lowest BCUT2D eigenvalue weighted by Crippen LogP contribution is -2.39. The molecule has 0 bridgehead atoms. The summed E-state index contributed by atoms with van der Waals surface area (Å²) in [7, 11) is 0. The van der Waals surface area contributed by atoms with Crippen LogP contribution in [0.15, 0.2) is 61.2 Å². The second-order valence-corrected chi connectivity index (χ2v) is 6.91. The van der Waals surface area contributed by atoms with Crippen LogP contribution in [0.4, 0.5) is 0 Å². The topological polar surface area (TPSA) is 63.4 Å². The van der Waals surface area contributed by atoms with Gasteiger partial charge in [0.1, 0.15) is 0 Å². The number of hydrogen-bond donors (Lipinski definition) is 0. The standard InChI is InChI=1S/C21H19N5O/c27-20(16-13-15-5-1-2-6-17(15)23-14-16)26-10-4-3-7-19(26)18-8-11-25-12-9-22-21(25)24-18/h1-2,5-6,8-9,11-14,19H,3-4,7,10H2/t19-/m1/s1. The summed E-state index contributed by atoms with van der Waals surface area (Å²) in [4.78, 5) is 28.6. The van der Waals surface area contributed by atoms with Crippen molar-refractivity contribution < 1.29 is 4.79 Å². The minimum atomic E-state index is -0.0283. The van der Waals surface area contributed by atoms with E-state index in [0.717, 1.165) is 42.4 Å². The Morgan fingerprint density at radius 2 is 2.00 bits per heavy atom. The molecule has 5 rings (SSSR count). The number of carbonyl (C=O) groups excluding carboxylic acids is 1. The molecule has 1 aromatic carbocycles. The first-order chi connectivity index (χ1) is 13.3. The number of carbonyl (C=O) groups is 1. The number of amides is 1. The lowest BCUT2D eigenvalue weighted by molar-refractivity contribution is 0.0606. The van der Waals surface area contributed by atoms with E-state index < -0.39 is 0 Å². The van der Waals surface area contributed by atoms with Crippen LogP contribution in [0, 0.1) is 0 Å². The number of hydrogen-bond acceptors (Lipinski definition) is 4. The molecule has 4 heterocycles. The molecule has 6 nitrogen and oxygen atoms in total. The molecule has 1 saturated heterocycles. The summed E-state index contributed by atoms with van der Waals surface area (Å²) in [6, 6.07) is 11.8. The molecule has 1 amide bonds. The van der Waals surface area contributed by atoms with Gasteiger partial charge in [-0.1, -0.05) is 18.2 Å². The van der Waals surface area contributed by atoms with Gasteiger partial charge in [-0.05, 0) is 37.5 Å². The highest BCUT2D eigenvalue weighted by Crippen LogP contribution is 2.31. The first kappa shape index (κ1) is 15.9. The molecule has 6 heteroatoms. The lowest BCUT2D eigenvalue weighted by atomic mass is 9.98. The average Bonchev–Trinajstić information content (AvgIpc) is 3.21. The summed E-state index contributed by atoms with van der Waals surface area (Å²) in [5.74, 6) is 0.681. The first-order valence-electron chi connectivity index (χ1n) is 9.25. The van der Waals surface area contributed by atoms with E-state index in [9.17, 15) is 4.79 Å². The summed E-state index contributed by atoms with van der Waals surface area (Å²) in [6.45, 7) is 0.734. The zero-order valence-electron chi connectivity index (χ0n) is 14.8. The van der Waals surface area contributed by atoms with Gasteiger partial charge in [-0.2, -0.15) is 0 Å². The normalized spacial score (nSPS) is 17.5. The molecule has 1 fully saturated rings. The molecule has 0 spiro atoms. The zero-order valence-corrected chi connectivity index (χ0v) is 14.8. The Kier molecular flexibility index (Phi) is 3.81. The largest absolute Gasteiger partial charge is 0.330 e. The van der Waals surface area contributed by atoms with Crippen molar-refractivity contribution in [2.75, 3.05) is 6.54 Å². The number of likely N-dealkylation sites (tertiary alicyclic amines) is 1. The Hall–Kier alpha value is -3.28. The summed E-state index contributed by atoms with van der Waals surface area (Å²) in [6.07, 6.45) is 10.3. The number of rotatable bonds is 2. The molecule has 0 radical (unpaired) electrons. The number of piperidine rings is 1. The van der Waals surface area contributed by atoms with Gasteiger partial charge in [0, 0.05) is 36.7 Å². The van der Waals surface area contributed by atoms with Crippen LogP contribution in [0.1, 0.15) is 41.4 Å². The lowest BCUT2D eigenvalue weighted by Gasteiger charge is -2.35. The Balaban J connectivity index is 1.51. The summed E-state index contributed by atoms with van der Waals surface area (Å²) >= 11 is 0. The van der Waals surface area contributed by atoms with Gasteiger partial charge >= 0.3 is 0 Å². The van der Waals surface area contributed by atoms with E-state index in [1.54, 1.807) is 12.4 Å². The summed E-state index contributed by atoms with van der Waals surface area (Å²) < 4.78 is 1.88. The molecule has 3 aromatic heterocycles. The highest BCUT2D eigenvalue weighted by atomic mass is 16.2. The van der Waals surface area contributed by atoms with E-state index >= 15 is 0 Å². The smallest absolute Gasteiger partial charge is 0.256 e. The van der Waals surface area contributed by atoms with Crippen molar-refractivity contribution in [2.24, 2.45) is 0 Å². The molecule has 0 N–H and O–H groups in total. The Morgan fingerprint density at radius 3 is 2.96 bits per heavy atom. The van der Waals surface area contributed by atoms with Gasteiger partial charge in [-0.25, -0.2) is 9.97 Å². The molecule has 0 aliphatic carbocycles. The SMILES string of the molecule is O=C(c1cnc2ccccc2c1)N1CCCC[C@@H]1c1ccn2ccnc2n1. The molecular formula is C21H19N5O. The van der Waals surface area contributed by atoms with E-state index in [2.05, 4.69) is 15.0 Å². The number of fused-ring (bicyclic) bond motifs is 2. The maximum Gasteiger partial charge on any atom is 0.256 e. The van der Waals surface area contributed by atoms with Crippen molar-refractivity contribution in [3.8, 4) is 0 Å². The van der Waals surface area contributed by atoms with Crippen molar-refractivity contribution in [1.29, 1.82) is 0 Å². The first-order valence-corrected chi connectivity index (χ1v) is 9.25. The molecule has 0 unspecified atom stereocenters. The predicted molar refractivity (Wildman–Crippen MR) is 102 cm³/mol. The monoisotopic (exact) mass is 357 g/mol. The second-order valence-electron chi connectivity index (χ2n) is 6.91. The maximum absolute atomic E-state index is 13.3. The van der Waals surface area contributed by atoms with Crippen LogP contribution in [0.3, 0.4) is 0 Å². The zero-order chi connectivity index (χ0) is 18.2. The van der Waals surface area contributed by atoms with Crippen LogP contribution in [0.2, 0.25) is 0 Å². The van der Waals surface area contributed by atoms with E-state index in [1.165, 1.54) is 0 Å². The van der Waals surface area contributed by atoms with Gasteiger partial charge in [0.15, 0.2) is 0 Å². The van der Waals surface area contributed by atoms with Crippen molar-refractivity contribution in [1.82, 2.24) is 24.3 Å². The van der Waals surface area contributed by atoms with Crippen LogP contribution in [-0.2, 0) is 0 Å². The maximum atomic E-state index is 13.3. The molecule has 1 aliphatic heterocycles. The van der Waals surface area contributed by atoms with Crippen LogP contribution < -0.4 is 0 Å². The molecule has 1 aliphatic rings. The van der Waals surface area contributed by atoms with Crippen molar-refractivity contribution >= 4 is 22.6 Å². The van der Waals surface area contributed by atoms with Crippen LogP contribution in [0.25, 0.3) is 16.7 Å². The highest BCUT2D eigenvalue weighted by Gasteiger charge is 2.30. The van der Waals surface area contributed by atoms with Gasteiger partial charge in [-0.3, -0.25) is 14.2 Å². The molecular weight excluding hydrogens is 338 g/mol. The molecule has 4 aromatic rings. The van der Waals surface area contributed by atoms with Gasteiger partial charge in [0.25, 0.3) is 5.91 Å². The van der Waals surface area contributed by atoms with E-state index in [4.69, 9.17) is 0 Å². The third kappa shape index (κ3) is 2.83. The van der Waals surface area contributed by atoms with Crippen LogP contribution in [0.5, 0.6) is 0 Å². The van der Waals surface area contributed by atoms with Gasteiger partial charge < -0.3 is 4.90 Å². The van der Waals surface area contributed by atoms with E-state index in [-0.39, 0.29) is 11.9 Å². The summed E-state index contributed by atoms with van der Waals surface area (Å²) in [5, 5.41) is 0.980. The fourth-order valence-corrected chi connectivity index (χ4v) is 3.84. The predicted octanol–water partition coefficient (Wildman–Crippen LogP) is 3.64. The second kappa shape index (κ2) is 6.46. The van der Waals surface area contributed by atoms with E-state index in [1.807, 2.05) is 58.1 Å². The molecule has 134 valence electrons. The van der Waals surface area contributed by atoms with Crippen molar-refractivity contribution in [3.05, 3.63) is 72.4 Å². The molecule has 27 heavy (non-hydrogen) atoms. The van der Waals surface area contributed by atoms with Crippen LogP contribution >= 0.6 is 0 Å². The highest BCUT2D eigenvalue weighted by molar-refractivity contribution is 5.97. The average molecular weight is 357 g/mol. The molecule has 1 atom stereocenters. The Bertz CT molecular complexity index is 1140. The summed E-state index contributed by atoms with van der Waals surface area (Å²) in [5.41, 5.74) is 2.42. The van der Waals surface area contributed by atoms with Crippen molar-refractivity contribution in [2.45, 2.75) is 25.3 Å². The number of pyridine rings is 1. The third-order valence-electron chi connectivity index (χ3n) is 5.23. The van der Waals surface area contributed by atoms with Crippen LogP contribution in [-0.4, -0.2) is 36.7 Å². The number of aromatic nitrogens is 4. The minimum Gasteiger partial charge on any atom is -0.330 e.